The highest BCUT2D eigenvalue weighted by atomic mass is 19.2. The van der Waals surface area contributed by atoms with E-state index >= 15 is 0 Å². The highest BCUT2D eigenvalue weighted by Crippen LogP contribution is 1.99. The van der Waals surface area contributed by atoms with Crippen LogP contribution >= 0.6 is 0 Å². The Morgan fingerprint density at radius 2 is 2.33 bits per heavy atom. The third-order valence-electron chi connectivity index (χ3n) is 0.456. The van der Waals surface area contributed by atoms with Crippen LogP contribution in [0.2, 0.25) is 0 Å². The molecular weight excluding hydrogens is 86.0 g/mol. The summed E-state index contributed by atoms with van der Waals surface area (Å²) < 4.78 is 22.2. The van der Waals surface area contributed by atoms with Gasteiger partial charge in [0.25, 0.3) is 0 Å². The second kappa shape index (κ2) is 2.82. The molecule has 0 heterocycles. The topological polar surface area (TPSA) is 0 Å². The van der Waals surface area contributed by atoms with Gasteiger partial charge in [-0.25, -0.2) is 8.78 Å². The molecule has 0 fully saturated rings. The molecule has 0 unspecified atom stereocenters. The maximum Gasteiger partial charge on any atom is 0.128 e. The highest BCUT2D eigenvalue weighted by molar-refractivity contribution is 4.81. The molecule has 0 spiro atoms. The van der Waals surface area contributed by atoms with Crippen LogP contribution in [0.4, 0.5) is 8.78 Å². The summed E-state index contributed by atoms with van der Waals surface area (Å²) in [7, 11) is 0. The van der Waals surface area contributed by atoms with E-state index in [1.165, 1.54) is 0 Å². The Morgan fingerprint density at radius 3 is 2.33 bits per heavy atom. The fourth-order valence-electron chi connectivity index (χ4n) is 0.0772. The van der Waals surface area contributed by atoms with Gasteiger partial charge in [-0.05, 0) is 6.42 Å². The van der Waals surface area contributed by atoms with Crippen molar-refractivity contribution in [2.24, 2.45) is 0 Å². The van der Waals surface area contributed by atoms with Gasteiger partial charge in [0.1, 0.15) is 12.2 Å². The van der Waals surface area contributed by atoms with E-state index in [1.54, 1.807) is 6.92 Å². The molecule has 2 heteroatoms. The van der Waals surface area contributed by atoms with Crippen molar-refractivity contribution in [3.63, 3.8) is 0 Å². The molecule has 0 aliphatic rings. The predicted molar refractivity (Wildman–Crippen MR) is 20.6 cm³/mol. The van der Waals surface area contributed by atoms with Gasteiger partial charge in [0.05, 0.1) is 0 Å². The summed E-state index contributed by atoms with van der Waals surface area (Å²) in [5.74, 6) is -0.699. The van der Waals surface area contributed by atoms with Crippen LogP contribution in [0.15, 0.2) is 12.2 Å². The van der Waals surface area contributed by atoms with Crippen molar-refractivity contribution in [2.75, 3.05) is 0 Å². The Labute approximate surface area is 35.5 Å². The molecule has 0 saturated carbocycles. The zero-order valence-corrected chi connectivity index (χ0v) is 3.54. The van der Waals surface area contributed by atoms with Gasteiger partial charge < -0.3 is 0 Å². The van der Waals surface area contributed by atoms with Crippen LogP contribution in [0.3, 0.4) is 0 Å². The first-order valence-electron chi connectivity index (χ1n) is 1.76. The molecule has 0 radical (unpaired) electrons. The molecule has 0 saturated heterocycles. The van der Waals surface area contributed by atoms with E-state index in [4.69, 9.17) is 0 Å². The zero-order chi connectivity index (χ0) is 4.99. The summed E-state index contributed by atoms with van der Waals surface area (Å²) in [5.41, 5.74) is 0. The van der Waals surface area contributed by atoms with Gasteiger partial charge in [-0.2, -0.15) is 0 Å². The summed E-state index contributed by atoms with van der Waals surface area (Å²) in [4.78, 5) is 0. The van der Waals surface area contributed by atoms with E-state index in [-0.39, 0.29) is 12.8 Å². The SMILES string of the molecule is CCC(F)=CF. The molecule has 0 amide bonds. The van der Waals surface area contributed by atoms with Crippen molar-refractivity contribution >= 4 is 0 Å². The van der Waals surface area contributed by atoms with Gasteiger partial charge in [-0.1, -0.05) is 6.92 Å². The minimum atomic E-state index is -0.699. The molecular formula is C4H6F2. The smallest absolute Gasteiger partial charge is 0.128 e. The van der Waals surface area contributed by atoms with E-state index in [0.29, 0.717) is 0 Å². The summed E-state index contributed by atoms with van der Waals surface area (Å²) in [6.45, 7) is 1.55. The van der Waals surface area contributed by atoms with E-state index in [2.05, 4.69) is 0 Å². The third-order valence-corrected chi connectivity index (χ3v) is 0.456. The minimum absolute atomic E-state index is 0.0278. The largest absolute Gasteiger partial charge is 0.213 e. The maximum absolute atomic E-state index is 11.3. The molecule has 6 heavy (non-hydrogen) atoms. The average Bonchev–Trinajstić information content (AvgIpc) is 1.65. The number of hydrogen-bond acceptors (Lipinski definition) is 0. The quantitative estimate of drug-likeness (QED) is 0.465. The molecule has 0 aromatic heterocycles. The number of halogens is 2. The lowest BCUT2D eigenvalue weighted by molar-refractivity contribution is 0.558. The number of rotatable bonds is 1. The first-order valence-corrected chi connectivity index (χ1v) is 1.76. The number of hydrogen-bond donors (Lipinski definition) is 0. The Kier molecular flexibility index (Phi) is 2.63. The summed E-state index contributed by atoms with van der Waals surface area (Å²) in [6, 6.07) is 0. The van der Waals surface area contributed by atoms with Crippen LogP contribution in [0, 0.1) is 0 Å². The van der Waals surface area contributed by atoms with E-state index in [0.717, 1.165) is 0 Å². The van der Waals surface area contributed by atoms with Crippen molar-refractivity contribution < 1.29 is 8.78 Å². The number of allylic oxidation sites excluding steroid dienone is 1. The Bertz CT molecular complexity index is 56.6. The van der Waals surface area contributed by atoms with Crippen LogP contribution < -0.4 is 0 Å². The van der Waals surface area contributed by atoms with Gasteiger partial charge >= 0.3 is 0 Å². The van der Waals surface area contributed by atoms with Crippen molar-refractivity contribution in [2.45, 2.75) is 13.3 Å². The van der Waals surface area contributed by atoms with Crippen molar-refractivity contribution in [3.8, 4) is 0 Å². The third kappa shape index (κ3) is 1.88. The lowest BCUT2D eigenvalue weighted by Gasteiger charge is -1.77. The maximum atomic E-state index is 11.3. The minimum Gasteiger partial charge on any atom is -0.213 e. The Morgan fingerprint density at radius 1 is 1.83 bits per heavy atom. The van der Waals surface area contributed by atoms with Crippen molar-refractivity contribution in [3.05, 3.63) is 12.2 Å². The monoisotopic (exact) mass is 92.0 g/mol. The molecule has 0 aromatic carbocycles. The summed E-state index contributed by atoms with van der Waals surface area (Å²) >= 11 is 0. The zero-order valence-electron chi connectivity index (χ0n) is 3.54. The van der Waals surface area contributed by atoms with E-state index in [1.807, 2.05) is 0 Å². The molecule has 0 aliphatic carbocycles. The molecule has 0 nitrogen and oxygen atoms in total. The van der Waals surface area contributed by atoms with E-state index < -0.39 is 5.83 Å². The van der Waals surface area contributed by atoms with Crippen molar-refractivity contribution in [1.82, 2.24) is 0 Å². The average molecular weight is 92.1 g/mol. The van der Waals surface area contributed by atoms with Gasteiger partial charge in [0.15, 0.2) is 0 Å². The second-order valence-electron chi connectivity index (χ2n) is 0.910. The fraction of sp³-hybridized carbons (Fsp3) is 0.500. The Balaban J connectivity index is 3.22. The predicted octanol–water partition coefficient (Wildman–Crippen LogP) is 2.18. The standard InChI is InChI=1S/C4H6F2/c1-2-4(6)3-5/h3H,2H2,1H3. The van der Waals surface area contributed by atoms with Gasteiger partial charge in [-0.3, -0.25) is 0 Å². The van der Waals surface area contributed by atoms with Crippen LogP contribution in [0.5, 0.6) is 0 Å². The van der Waals surface area contributed by atoms with E-state index in [9.17, 15) is 8.78 Å². The molecule has 0 rings (SSSR count). The highest BCUT2D eigenvalue weighted by Gasteiger charge is 1.82. The molecule has 0 aliphatic heterocycles. The summed E-state index contributed by atoms with van der Waals surface area (Å²) in [6.07, 6.45) is 0.122. The molecule has 0 aromatic rings. The fourth-order valence-corrected chi connectivity index (χ4v) is 0.0772. The lowest BCUT2D eigenvalue weighted by atomic mass is 10.5. The first-order chi connectivity index (χ1) is 2.81. The first kappa shape index (κ1) is 5.60. The molecule has 0 N–H and O–H groups in total. The van der Waals surface area contributed by atoms with Gasteiger partial charge in [0.2, 0.25) is 0 Å². The molecule has 0 bridgehead atoms. The van der Waals surface area contributed by atoms with Crippen LogP contribution in [-0.4, -0.2) is 0 Å². The second-order valence-corrected chi connectivity index (χ2v) is 0.910. The summed E-state index contributed by atoms with van der Waals surface area (Å²) in [5, 5.41) is 0. The van der Waals surface area contributed by atoms with Crippen molar-refractivity contribution in [1.29, 1.82) is 0 Å². The molecule has 0 atom stereocenters. The van der Waals surface area contributed by atoms with Crippen LogP contribution in [0.1, 0.15) is 13.3 Å². The Hall–Kier alpha value is -0.400. The normalized spacial score (nSPS) is 12.2. The van der Waals surface area contributed by atoms with Crippen LogP contribution in [0.25, 0.3) is 0 Å². The van der Waals surface area contributed by atoms with Gasteiger partial charge in [0, 0.05) is 0 Å². The molecule has 36 valence electrons. The van der Waals surface area contributed by atoms with Gasteiger partial charge in [-0.15, -0.1) is 0 Å². The lowest BCUT2D eigenvalue weighted by Crippen LogP contribution is -1.60. The van der Waals surface area contributed by atoms with Crippen LogP contribution in [-0.2, 0) is 0 Å².